The SMILES string of the molecule is Cc1c(SC[C@H](O)c2ccccc2)ccc(C(=O)O)c1Cl. The van der Waals surface area contributed by atoms with Gasteiger partial charge in [0.25, 0.3) is 0 Å². The first-order chi connectivity index (χ1) is 10.0. The Labute approximate surface area is 132 Å². The Kier molecular flexibility index (Phi) is 5.28. The number of carboxylic acid groups (broad SMARTS) is 1. The molecule has 2 aromatic rings. The number of carboxylic acids is 1. The van der Waals surface area contributed by atoms with Crippen LogP contribution < -0.4 is 0 Å². The van der Waals surface area contributed by atoms with Crippen molar-refractivity contribution in [1.82, 2.24) is 0 Å². The second kappa shape index (κ2) is 6.98. The van der Waals surface area contributed by atoms with Crippen molar-refractivity contribution in [1.29, 1.82) is 0 Å². The number of aliphatic hydroxyl groups excluding tert-OH is 1. The molecule has 0 saturated heterocycles. The van der Waals surface area contributed by atoms with Crippen LogP contribution in [-0.4, -0.2) is 21.9 Å². The van der Waals surface area contributed by atoms with Crippen molar-refractivity contribution in [2.75, 3.05) is 5.75 Å². The fourth-order valence-corrected chi connectivity index (χ4v) is 3.24. The number of halogens is 1. The van der Waals surface area contributed by atoms with Crippen molar-refractivity contribution in [2.45, 2.75) is 17.9 Å². The van der Waals surface area contributed by atoms with Gasteiger partial charge in [0, 0.05) is 10.6 Å². The van der Waals surface area contributed by atoms with E-state index in [9.17, 15) is 9.90 Å². The fourth-order valence-electron chi connectivity index (χ4n) is 1.93. The molecule has 0 heterocycles. The van der Waals surface area contributed by atoms with E-state index in [2.05, 4.69) is 0 Å². The van der Waals surface area contributed by atoms with E-state index < -0.39 is 12.1 Å². The predicted octanol–water partition coefficient (Wildman–Crippen LogP) is 4.17. The lowest BCUT2D eigenvalue weighted by molar-refractivity contribution is 0.0697. The highest BCUT2D eigenvalue weighted by atomic mass is 35.5. The molecule has 0 bridgehead atoms. The van der Waals surface area contributed by atoms with Crippen molar-refractivity contribution >= 4 is 29.3 Å². The Hall–Kier alpha value is -1.49. The molecule has 0 unspecified atom stereocenters. The molecule has 2 aromatic carbocycles. The molecule has 0 amide bonds. The molecule has 0 saturated carbocycles. The third kappa shape index (κ3) is 3.79. The van der Waals surface area contributed by atoms with E-state index in [4.69, 9.17) is 16.7 Å². The fraction of sp³-hybridized carbons (Fsp3) is 0.188. The van der Waals surface area contributed by atoms with Crippen LogP contribution in [0.3, 0.4) is 0 Å². The number of thioether (sulfide) groups is 1. The summed E-state index contributed by atoms with van der Waals surface area (Å²) < 4.78 is 0. The van der Waals surface area contributed by atoms with Gasteiger partial charge in [0.1, 0.15) is 0 Å². The van der Waals surface area contributed by atoms with Crippen LogP contribution in [-0.2, 0) is 0 Å². The minimum absolute atomic E-state index is 0.0992. The number of aliphatic hydroxyl groups is 1. The summed E-state index contributed by atoms with van der Waals surface area (Å²) in [6.07, 6.45) is -0.575. The lowest BCUT2D eigenvalue weighted by Crippen LogP contribution is -2.02. The Morgan fingerprint density at radius 3 is 2.52 bits per heavy atom. The summed E-state index contributed by atoms with van der Waals surface area (Å²) in [5, 5.41) is 19.4. The van der Waals surface area contributed by atoms with Crippen molar-refractivity contribution in [3.05, 3.63) is 64.2 Å². The topological polar surface area (TPSA) is 57.5 Å². The van der Waals surface area contributed by atoms with E-state index in [1.165, 1.54) is 17.8 Å². The second-order valence-corrected chi connectivity index (χ2v) is 6.03. The summed E-state index contributed by atoms with van der Waals surface area (Å²) in [6, 6.07) is 12.6. The molecule has 5 heteroatoms. The van der Waals surface area contributed by atoms with Gasteiger partial charge >= 0.3 is 5.97 Å². The molecule has 3 nitrogen and oxygen atoms in total. The molecular formula is C16H15ClO3S. The number of carbonyl (C=O) groups is 1. The van der Waals surface area contributed by atoms with Gasteiger partial charge in [0.15, 0.2) is 0 Å². The van der Waals surface area contributed by atoms with Gasteiger partial charge in [0.05, 0.1) is 16.7 Å². The predicted molar refractivity (Wildman–Crippen MR) is 85.3 cm³/mol. The minimum Gasteiger partial charge on any atom is -0.478 e. The largest absolute Gasteiger partial charge is 0.478 e. The average Bonchev–Trinajstić information content (AvgIpc) is 2.49. The Morgan fingerprint density at radius 1 is 1.24 bits per heavy atom. The zero-order valence-electron chi connectivity index (χ0n) is 11.4. The molecule has 2 N–H and O–H groups in total. The molecule has 0 aliphatic rings. The van der Waals surface area contributed by atoms with Gasteiger partial charge in [-0.15, -0.1) is 11.8 Å². The first-order valence-electron chi connectivity index (χ1n) is 6.39. The summed E-state index contributed by atoms with van der Waals surface area (Å²) in [5.41, 5.74) is 1.68. The van der Waals surface area contributed by atoms with Gasteiger partial charge in [-0.25, -0.2) is 4.79 Å². The van der Waals surface area contributed by atoms with Crippen LogP contribution >= 0.6 is 23.4 Å². The maximum absolute atomic E-state index is 11.0. The lowest BCUT2D eigenvalue weighted by Gasteiger charge is -2.13. The van der Waals surface area contributed by atoms with Crippen molar-refractivity contribution < 1.29 is 15.0 Å². The van der Waals surface area contributed by atoms with Gasteiger partial charge in [-0.05, 0) is 30.2 Å². The molecule has 21 heavy (non-hydrogen) atoms. The standard InChI is InChI=1S/C16H15ClO3S/c1-10-14(8-7-12(15(10)17)16(19)20)21-9-13(18)11-5-3-2-4-6-11/h2-8,13,18H,9H2,1H3,(H,19,20)/t13-/m0/s1. The van der Waals surface area contributed by atoms with E-state index in [1.54, 1.807) is 13.0 Å². The smallest absolute Gasteiger partial charge is 0.337 e. The number of hydrogen-bond acceptors (Lipinski definition) is 3. The summed E-state index contributed by atoms with van der Waals surface area (Å²) in [7, 11) is 0. The van der Waals surface area contributed by atoms with Crippen LogP contribution in [0.4, 0.5) is 0 Å². The highest BCUT2D eigenvalue weighted by molar-refractivity contribution is 7.99. The van der Waals surface area contributed by atoms with Crippen LogP contribution in [0.2, 0.25) is 5.02 Å². The van der Waals surface area contributed by atoms with Crippen LogP contribution in [0.25, 0.3) is 0 Å². The van der Waals surface area contributed by atoms with Gasteiger partial charge in [0.2, 0.25) is 0 Å². The van der Waals surface area contributed by atoms with E-state index >= 15 is 0 Å². The lowest BCUT2D eigenvalue weighted by atomic mass is 10.1. The van der Waals surface area contributed by atoms with Gasteiger partial charge in [-0.3, -0.25) is 0 Å². The molecule has 0 fully saturated rings. The summed E-state index contributed by atoms with van der Waals surface area (Å²) in [6.45, 7) is 1.78. The number of hydrogen-bond donors (Lipinski definition) is 2. The van der Waals surface area contributed by atoms with E-state index in [-0.39, 0.29) is 10.6 Å². The van der Waals surface area contributed by atoms with Crippen LogP contribution in [0.5, 0.6) is 0 Å². The minimum atomic E-state index is -1.04. The Morgan fingerprint density at radius 2 is 1.90 bits per heavy atom. The average molecular weight is 323 g/mol. The van der Waals surface area contributed by atoms with E-state index in [0.717, 1.165) is 16.0 Å². The molecule has 0 radical (unpaired) electrons. The normalized spacial score (nSPS) is 12.1. The second-order valence-electron chi connectivity index (χ2n) is 4.59. The number of aromatic carboxylic acids is 1. The number of benzene rings is 2. The third-order valence-electron chi connectivity index (χ3n) is 3.15. The molecule has 1 atom stereocenters. The summed E-state index contributed by atoms with van der Waals surface area (Å²) >= 11 is 7.53. The zero-order chi connectivity index (χ0) is 15.4. The Balaban J connectivity index is 2.11. The highest BCUT2D eigenvalue weighted by Gasteiger charge is 2.15. The molecule has 0 aromatic heterocycles. The summed E-state index contributed by atoms with van der Waals surface area (Å²) in [5.74, 6) is -0.558. The molecule has 110 valence electrons. The first kappa shape index (κ1) is 15.9. The quantitative estimate of drug-likeness (QED) is 0.811. The van der Waals surface area contributed by atoms with Gasteiger partial charge < -0.3 is 10.2 Å². The zero-order valence-corrected chi connectivity index (χ0v) is 13.0. The van der Waals surface area contributed by atoms with E-state index in [0.29, 0.717) is 5.75 Å². The Bertz CT molecular complexity index is 643. The maximum atomic E-state index is 11.0. The third-order valence-corrected chi connectivity index (χ3v) is 4.87. The van der Waals surface area contributed by atoms with Crippen molar-refractivity contribution in [2.24, 2.45) is 0 Å². The molecular weight excluding hydrogens is 308 g/mol. The molecule has 2 rings (SSSR count). The van der Waals surface area contributed by atoms with Crippen molar-refractivity contribution in [3.63, 3.8) is 0 Å². The molecule has 0 aliphatic carbocycles. The molecule has 0 spiro atoms. The van der Waals surface area contributed by atoms with Crippen molar-refractivity contribution in [3.8, 4) is 0 Å². The van der Waals surface area contributed by atoms with Gasteiger partial charge in [-0.2, -0.15) is 0 Å². The highest BCUT2D eigenvalue weighted by Crippen LogP contribution is 2.32. The van der Waals surface area contributed by atoms with Crippen LogP contribution in [0, 0.1) is 6.92 Å². The first-order valence-corrected chi connectivity index (χ1v) is 7.75. The van der Waals surface area contributed by atoms with Crippen LogP contribution in [0.1, 0.15) is 27.6 Å². The molecule has 0 aliphatic heterocycles. The van der Waals surface area contributed by atoms with E-state index in [1.807, 2.05) is 30.3 Å². The maximum Gasteiger partial charge on any atom is 0.337 e. The van der Waals surface area contributed by atoms with Gasteiger partial charge in [-0.1, -0.05) is 41.9 Å². The summed E-state index contributed by atoms with van der Waals surface area (Å²) in [4.78, 5) is 11.9. The number of rotatable bonds is 5. The monoisotopic (exact) mass is 322 g/mol. The van der Waals surface area contributed by atoms with Crippen LogP contribution in [0.15, 0.2) is 47.4 Å².